The van der Waals surface area contributed by atoms with E-state index >= 15 is 0 Å². The summed E-state index contributed by atoms with van der Waals surface area (Å²) in [4.78, 5) is 20.5. The average Bonchev–Trinajstić information content (AvgIpc) is 3.15. The fourth-order valence-corrected chi connectivity index (χ4v) is 4.06. The van der Waals surface area contributed by atoms with Gasteiger partial charge in [0.2, 0.25) is 0 Å². The van der Waals surface area contributed by atoms with E-state index in [9.17, 15) is 4.79 Å². The smallest absolute Gasteiger partial charge is 0.199 e. The Kier molecular flexibility index (Phi) is 5.30. The lowest BCUT2D eigenvalue weighted by Crippen LogP contribution is -2.24. The second kappa shape index (κ2) is 8.05. The number of para-hydroxylation sites is 1. The van der Waals surface area contributed by atoms with Gasteiger partial charge >= 0.3 is 0 Å². The first-order chi connectivity index (χ1) is 14.6. The van der Waals surface area contributed by atoms with E-state index in [2.05, 4.69) is 21.9 Å². The highest BCUT2D eigenvalue weighted by atomic mass is 16.1. The Hall–Kier alpha value is -3.56. The van der Waals surface area contributed by atoms with Gasteiger partial charge in [-0.25, -0.2) is 4.85 Å². The van der Waals surface area contributed by atoms with E-state index in [4.69, 9.17) is 12.3 Å². The lowest BCUT2D eigenvalue weighted by Gasteiger charge is -2.17. The molecule has 3 aromatic rings. The van der Waals surface area contributed by atoms with Gasteiger partial charge in [0, 0.05) is 35.8 Å². The molecule has 1 aliphatic heterocycles. The molecule has 0 atom stereocenters. The van der Waals surface area contributed by atoms with E-state index in [0.717, 1.165) is 52.1 Å². The number of benzene rings is 2. The van der Waals surface area contributed by atoms with Crippen LogP contribution in [0.15, 0.2) is 47.6 Å². The summed E-state index contributed by atoms with van der Waals surface area (Å²) in [5, 5.41) is 4.48. The predicted octanol–water partition coefficient (Wildman–Crippen LogP) is 4.20. The fourth-order valence-electron chi connectivity index (χ4n) is 4.06. The maximum atomic E-state index is 12.3. The Balaban J connectivity index is 1.90. The largest absolute Gasteiger partial charge is 0.325 e. The minimum Gasteiger partial charge on any atom is -0.325 e. The highest BCUT2D eigenvalue weighted by Gasteiger charge is 2.23. The third-order valence-electron chi connectivity index (χ3n) is 5.49. The summed E-state index contributed by atoms with van der Waals surface area (Å²) in [7, 11) is 1.88. The van der Waals surface area contributed by atoms with Crippen molar-refractivity contribution < 1.29 is 4.79 Å². The van der Waals surface area contributed by atoms with Crippen LogP contribution in [0.5, 0.6) is 0 Å². The molecular weight excluding hydrogens is 374 g/mol. The van der Waals surface area contributed by atoms with E-state index < -0.39 is 0 Å². The Bertz CT molecular complexity index is 1210. The Labute approximate surface area is 175 Å². The normalized spacial score (nSPS) is 13.0. The average molecular weight is 397 g/mol. The molecule has 0 fully saturated rings. The summed E-state index contributed by atoms with van der Waals surface area (Å²) < 4.78 is 1.80. The molecule has 0 unspecified atom stereocenters. The van der Waals surface area contributed by atoms with Gasteiger partial charge < -0.3 is 5.73 Å². The van der Waals surface area contributed by atoms with Crippen molar-refractivity contribution in [2.24, 2.45) is 17.8 Å². The van der Waals surface area contributed by atoms with Crippen LogP contribution >= 0.6 is 0 Å². The zero-order valence-corrected chi connectivity index (χ0v) is 17.1. The number of fused-ring (bicyclic) bond motifs is 1. The maximum Gasteiger partial charge on any atom is 0.199 e. The minimum atomic E-state index is 0.00252. The summed E-state index contributed by atoms with van der Waals surface area (Å²) in [6.07, 6.45) is 3.64. The van der Waals surface area contributed by atoms with Crippen LogP contribution in [0.25, 0.3) is 27.2 Å². The van der Waals surface area contributed by atoms with E-state index in [1.165, 1.54) is 0 Å². The molecular formula is C24H23N5O. The predicted molar refractivity (Wildman–Crippen MR) is 119 cm³/mol. The number of aryl methyl sites for hydroxylation is 2. The third kappa shape index (κ3) is 3.23. The first-order valence-electron chi connectivity index (χ1n) is 10.0. The molecule has 2 aromatic carbocycles. The van der Waals surface area contributed by atoms with Crippen LogP contribution in [0.2, 0.25) is 0 Å². The number of Topliss-reactive ketones (excluding diaryl/α,β-unsaturated/α-hetero) is 1. The minimum absolute atomic E-state index is 0.00252. The Morgan fingerprint density at radius 3 is 2.73 bits per heavy atom. The van der Waals surface area contributed by atoms with Gasteiger partial charge in [0.1, 0.15) is 6.54 Å². The van der Waals surface area contributed by atoms with Gasteiger partial charge in [-0.3, -0.25) is 14.5 Å². The summed E-state index contributed by atoms with van der Waals surface area (Å²) >= 11 is 0. The molecule has 4 rings (SSSR count). The number of carbonyl (C=O) groups is 1. The van der Waals surface area contributed by atoms with Crippen molar-refractivity contribution in [3.63, 3.8) is 0 Å². The molecule has 6 heteroatoms. The number of rotatable bonds is 5. The summed E-state index contributed by atoms with van der Waals surface area (Å²) in [6.45, 7) is 10.3. The molecule has 1 aromatic heterocycles. The van der Waals surface area contributed by atoms with Crippen molar-refractivity contribution in [1.29, 1.82) is 0 Å². The lowest BCUT2D eigenvalue weighted by molar-refractivity contribution is 0.1000. The SMILES string of the molecule is [C-]#[N+]c1c(CCC)cccc1-c1c(-c2ccc3c(c2)C(CN)=NCC3=O)cnn1C. The topological polar surface area (TPSA) is 77.6 Å². The number of carbonyl (C=O) groups excluding carboxylic acids is 1. The van der Waals surface area contributed by atoms with Crippen molar-refractivity contribution in [3.8, 4) is 22.4 Å². The third-order valence-corrected chi connectivity index (χ3v) is 5.49. The number of hydrogen-bond donors (Lipinski definition) is 1. The van der Waals surface area contributed by atoms with Crippen molar-refractivity contribution in [3.05, 3.63) is 70.7 Å². The van der Waals surface area contributed by atoms with Gasteiger partial charge in [-0.2, -0.15) is 5.10 Å². The second-order valence-electron chi connectivity index (χ2n) is 7.36. The summed E-state index contributed by atoms with van der Waals surface area (Å²) in [6, 6.07) is 11.7. The number of nitrogens with two attached hydrogens (primary N) is 1. The van der Waals surface area contributed by atoms with Gasteiger partial charge in [0.15, 0.2) is 11.5 Å². The molecule has 2 N–H and O–H groups in total. The number of nitrogens with zero attached hydrogens (tertiary/aromatic N) is 4. The van der Waals surface area contributed by atoms with E-state index in [1.54, 1.807) is 10.9 Å². The van der Waals surface area contributed by atoms with Crippen LogP contribution in [0.1, 0.15) is 34.8 Å². The summed E-state index contributed by atoms with van der Waals surface area (Å²) in [5.74, 6) is 0.00252. The van der Waals surface area contributed by atoms with Crippen LogP contribution in [-0.4, -0.2) is 34.4 Å². The molecule has 0 saturated heterocycles. The number of hydrogen-bond acceptors (Lipinski definition) is 4. The molecule has 1 aliphatic rings. The van der Waals surface area contributed by atoms with E-state index in [-0.39, 0.29) is 18.9 Å². The number of aromatic nitrogens is 2. The van der Waals surface area contributed by atoms with Gasteiger partial charge in [0.25, 0.3) is 0 Å². The monoisotopic (exact) mass is 397 g/mol. The fraction of sp³-hybridized carbons (Fsp3) is 0.250. The molecule has 0 saturated carbocycles. The van der Waals surface area contributed by atoms with E-state index in [0.29, 0.717) is 11.3 Å². The highest BCUT2D eigenvalue weighted by molar-refractivity contribution is 6.16. The molecule has 2 heterocycles. The van der Waals surface area contributed by atoms with Gasteiger partial charge in [-0.15, -0.1) is 0 Å². The van der Waals surface area contributed by atoms with Gasteiger partial charge in [-0.1, -0.05) is 43.7 Å². The van der Waals surface area contributed by atoms with Gasteiger partial charge in [-0.05, 0) is 23.6 Å². The van der Waals surface area contributed by atoms with Crippen molar-refractivity contribution in [1.82, 2.24) is 9.78 Å². The zero-order valence-electron chi connectivity index (χ0n) is 17.1. The molecule has 6 nitrogen and oxygen atoms in total. The molecule has 150 valence electrons. The zero-order chi connectivity index (χ0) is 21.3. The van der Waals surface area contributed by atoms with Crippen LogP contribution in [0.4, 0.5) is 5.69 Å². The van der Waals surface area contributed by atoms with Crippen LogP contribution < -0.4 is 5.73 Å². The molecule has 0 radical (unpaired) electrons. The van der Waals surface area contributed by atoms with Crippen molar-refractivity contribution in [2.45, 2.75) is 19.8 Å². The Morgan fingerprint density at radius 2 is 2.00 bits per heavy atom. The molecule has 0 aliphatic carbocycles. The van der Waals surface area contributed by atoms with E-state index in [1.807, 2.05) is 43.4 Å². The maximum absolute atomic E-state index is 12.3. The molecule has 0 bridgehead atoms. The molecule has 0 spiro atoms. The van der Waals surface area contributed by atoms with Gasteiger partial charge in [0.05, 0.1) is 24.2 Å². The quantitative estimate of drug-likeness (QED) is 0.656. The number of aliphatic imine (C=N–C) groups is 1. The molecule has 30 heavy (non-hydrogen) atoms. The van der Waals surface area contributed by atoms with Crippen molar-refractivity contribution in [2.75, 3.05) is 13.1 Å². The Morgan fingerprint density at radius 1 is 1.17 bits per heavy atom. The summed E-state index contributed by atoms with van der Waals surface area (Å²) in [5.41, 5.74) is 13.3. The first kappa shape index (κ1) is 19.7. The van der Waals surface area contributed by atoms with Crippen LogP contribution in [-0.2, 0) is 13.5 Å². The van der Waals surface area contributed by atoms with Crippen LogP contribution in [0.3, 0.4) is 0 Å². The highest BCUT2D eigenvalue weighted by Crippen LogP contribution is 2.40. The second-order valence-corrected chi connectivity index (χ2v) is 7.36. The molecule has 0 amide bonds. The first-order valence-corrected chi connectivity index (χ1v) is 10.0. The standard InChI is InChI=1S/C24H23N5O/c1-4-6-15-7-5-8-18(23(15)26-2)24-20(13-28-29(24)3)16-9-10-17-19(11-16)21(12-25)27-14-22(17)30/h5,7-11,13H,4,6,12,14,25H2,1,3H3. The number of ketones is 1. The van der Waals surface area contributed by atoms with Crippen LogP contribution in [0, 0.1) is 6.57 Å². The van der Waals surface area contributed by atoms with Crippen molar-refractivity contribution >= 4 is 17.2 Å². The lowest BCUT2D eigenvalue weighted by atomic mass is 9.91.